The molecule has 0 saturated carbocycles. The first-order chi connectivity index (χ1) is 14.0. The van der Waals surface area contributed by atoms with E-state index in [1.165, 1.54) is 29.0 Å². The fraction of sp³-hybridized carbons (Fsp3) is 0.0909. The van der Waals surface area contributed by atoms with E-state index in [1.807, 2.05) is 12.1 Å². The van der Waals surface area contributed by atoms with Crippen molar-refractivity contribution in [2.24, 2.45) is 0 Å². The Morgan fingerprint density at radius 3 is 1.86 bits per heavy atom. The van der Waals surface area contributed by atoms with Gasteiger partial charge in [-0.3, -0.25) is 0 Å². The van der Waals surface area contributed by atoms with Crippen LogP contribution >= 0.6 is 0 Å². The van der Waals surface area contributed by atoms with Gasteiger partial charge >= 0.3 is 11.9 Å². The lowest BCUT2D eigenvalue weighted by Gasteiger charge is -2.09. The van der Waals surface area contributed by atoms with Gasteiger partial charge in [-0.1, -0.05) is 6.07 Å². The van der Waals surface area contributed by atoms with Crippen LogP contribution in [0.3, 0.4) is 0 Å². The third-order valence-electron chi connectivity index (χ3n) is 4.65. The number of benzene rings is 3. The lowest BCUT2D eigenvalue weighted by atomic mass is 10.1. The smallest absolute Gasteiger partial charge is 0.363 e. The second-order valence-corrected chi connectivity index (χ2v) is 6.33. The molecule has 0 aliphatic heterocycles. The number of fused-ring (bicyclic) bond motifs is 3. The minimum atomic E-state index is -1.12. The number of carbonyl (C=O) groups is 2. The lowest BCUT2D eigenvalue weighted by molar-refractivity contribution is 0.0501. The fourth-order valence-corrected chi connectivity index (χ4v) is 3.21. The summed E-state index contributed by atoms with van der Waals surface area (Å²) in [6.07, 6.45) is 0. The number of carboxylic acids is 1. The Labute approximate surface area is 165 Å². The van der Waals surface area contributed by atoms with E-state index in [2.05, 4.69) is 0 Å². The number of methoxy groups -OCH3 is 2. The van der Waals surface area contributed by atoms with Gasteiger partial charge in [0, 0.05) is 10.8 Å². The molecule has 7 heteroatoms. The highest BCUT2D eigenvalue weighted by Crippen LogP contribution is 2.33. The first-order valence-electron chi connectivity index (χ1n) is 8.74. The van der Waals surface area contributed by atoms with E-state index in [4.69, 9.17) is 19.4 Å². The number of ether oxygens (including phenoxy) is 2. The van der Waals surface area contributed by atoms with Gasteiger partial charge < -0.3 is 19.4 Å². The van der Waals surface area contributed by atoms with Crippen LogP contribution in [0.25, 0.3) is 21.8 Å². The van der Waals surface area contributed by atoms with Crippen molar-refractivity contribution >= 4 is 33.7 Å². The number of aromatic nitrogens is 1. The molecular weight excluding hydrogens is 374 g/mol. The maximum absolute atomic E-state index is 12.7. The molecule has 0 aliphatic rings. The zero-order valence-electron chi connectivity index (χ0n) is 15.7. The summed E-state index contributed by atoms with van der Waals surface area (Å²) in [6, 6.07) is 16.5. The molecule has 1 N–H and O–H groups in total. The molecule has 0 saturated heterocycles. The Morgan fingerprint density at radius 1 is 0.793 bits per heavy atom. The second-order valence-electron chi connectivity index (χ2n) is 6.33. The summed E-state index contributed by atoms with van der Waals surface area (Å²) in [6.45, 7) is 0. The van der Waals surface area contributed by atoms with Crippen LogP contribution in [0, 0.1) is 0 Å². The van der Waals surface area contributed by atoms with E-state index < -0.39 is 11.9 Å². The Balaban J connectivity index is 1.85. The molecule has 1 heterocycles. The zero-order chi connectivity index (χ0) is 20.5. The maximum atomic E-state index is 12.7. The molecule has 0 aliphatic carbocycles. The van der Waals surface area contributed by atoms with Crippen molar-refractivity contribution in [1.82, 2.24) is 4.73 Å². The van der Waals surface area contributed by atoms with Crippen LogP contribution in [0.1, 0.15) is 20.7 Å². The summed E-state index contributed by atoms with van der Waals surface area (Å²) in [5.41, 5.74) is 1.48. The Bertz CT molecular complexity index is 1200. The molecule has 0 fully saturated rings. The minimum Gasteiger partial charge on any atom is -0.497 e. The van der Waals surface area contributed by atoms with Crippen molar-refractivity contribution in [2.45, 2.75) is 0 Å². The molecule has 146 valence electrons. The molecule has 0 radical (unpaired) electrons. The molecule has 0 unspecified atom stereocenters. The number of rotatable bonds is 5. The molecule has 7 nitrogen and oxygen atoms in total. The third-order valence-corrected chi connectivity index (χ3v) is 4.65. The summed E-state index contributed by atoms with van der Waals surface area (Å²) < 4.78 is 12.1. The molecular formula is C22H17NO6. The first-order valence-corrected chi connectivity index (χ1v) is 8.74. The molecule has 29 heavy (non-hydrogen) atoms. The minimum absolute atomic E-state index is 0.0103. The highest BCUT2D eigenvalue weighted by molar-refractivity contribution is 6.09. The largest absolute Gasteiger partial charge is 0.497 e. The number of hydrogen-bond donors (Lipinski definition) is 1. The molecule has 0 bridgehead atoms. The number of hydrogen-bond acceptors (Lipinski definition) is 5. The number of aromatic carboxylic acids is 1. The molecule has 3 aromatic carbocycles. The van der Waals surface area contributed by atoms with Crippen LogP contribution in [0.5, 0.6) is 11.5 Å². The van der Waals surface area contributed by atoms with Crippen LogP contribution in [0.2, 0.25) is 0 Å². The predicted molar refractivity (Wildman–Crippen MR) is 107 cm³/mol. The van der Waals surface area contributed by atoms with Crippen LogP contribution in [0.4, 0.5) is 0 Å². The van der Waals surface area contributed by atoms with Crippen molar-refractivity contribution in [2.75, 3.05) is 14.2 Å². The Kier molecular flexibility index (Phi) is 4.56. The fourth-order valence-electron chi connectivity index (χ4n) is 3.21. The molecule has 4 aromatic rings. The van der Waals surface area contributed by atoms with E-state index in [9.17, 15) is 9.59 Å². The van der Waals surface area contributed by atoms with Crippen molar-refractivity contribution in [3.63, 3.8) is 0 Å². The monoisotopic (exact) mass is 391 g/mol. The standard InChI is InChI=1S/C22H17NO6/c1-27-15-6-8-19-17(11-15)18-12-16(28-2)7-9-20(18)23(19)29-22(26)14-5-3-4-13(10-14)21(24)25/h3-12H,1-2H3,(H,24,25). The van der Waals surface area contributed by atoms with Crippen LogP contribution in [-0.4, -0.2) is 36.0 Å². The quantitative estimate of drug-likeness (QED) is 0.557. The van der Waals surface area contributed by atoms with Crippen molar-refractivity contribution < 1.29 is 29.0 Å². The van der Waals surface area contributed by atoms with Gasteiger partial charge in [0.1, 0.15) is 11.5 Å². The van der Waals surface area contributed by atoms with Gasteiger partial charge in [0.25, 0.3) is 0 Å². The zero-order valence-corrected chi connectivity index (χ0v) is 15.7. The highest BCUT2D eigenvalue weighted by atomic mass is 16.7. The molecule has 0 spiro atoms. The number of carbonyl (C=O) groups excluding carboxylic acids is 1. The van der Waals surface area contributed by atoms with Gasteiger partial charge in [-0.05, 0) is 54.6 Å². The SMILES string of the molecule is COc1ccc2c(c1)c1cc(OC)ccc1n2OC(=O)c1cccc(C(=O)O)c1. The van der Waals surface area contributed by atoms with Crippen LogP contribution < -0.4 is 14.3 Å². The summed E-state index contributed by atoms with van der Waals surface area (Å²) in [5.74, 6) is -0.450. The maximum Gasteiger partial charge on any atom is 0.363 e. The van der Waals surface area contributed by atoms with Gasteiger partial charge in [0.2, 0.25) is 0 Å². The summed E-state index contributed by atoms with van der Waals surface area (Å²) in [7, 11) is 3.16. The van der Waals surface area contributed by atoms with E-state index >= 15 is 0 Å². The topological polar surface area (TPSA) is 87.0 Å². The van der Waals surface area contributed by atoms with E-state index in [-0.39, 0.29) is 11.1 Å². The van der Waals surface area contributed by atoms with Crippen molar-refractivity contribution in [1.29, 1.82) is 0 Å². The lowest BCUT2D eigenvalue weighted by Crippen LogP contribution is -2.20. The molecule has 0 amide bonds. The molecule has 4 rings (SSSR count). The third kappa shape index (κ3) is 3.23. The average molecular weight is 391 g/mol. The summed E-state index contributed by atoms with van der Waals surface area (Å²) in [4.78, 5) is 29.6. The van der Waals surface area contributed by atoms with Gasteiger partial charge in [-0.25, -0.2) is 9.59 Å². The van der Waals surface area contributed by atoms with E-state index in [0.717, 1.165) is 10.8 Å². The van der Waals surface area contributed by atoms with Gasteiger partial charge in [-0.15, -0.1) is 0 Å². The van der Waals surface area contributed by atoms with E-state index in [1.54, 1.807) is 38.5 Å². The van der Waals surface area contributed by atoms with Gasteiger partial charge in [0.15, 0.2) is 0 Å². The molecule has 0 atom stereocenters. The molecule has 1 aromatic heterocycles. The normalized spacial score (nSPS) is 10.8. The second kappa shape index (κ2) is 7.20. The summed E-state index contributed by atoms with van der Waals surface area (Å²) in [5, 5.41) is 10.8. The highest BCUT2D eigenvalue weighted by Gasteiger charge is 2.18. The van der Waals surface area contributed by atoms with Gasteiger partial charge in [-0.2, -0.15) is 4.73 Å². The van der Waals surface area contributed by atoms with Crippen LogP contribution in [-0.2, 0) is 0 Å². The van der Waals surface area contributed by atoms with Crippen LogP contribution in [0.15, 0.2) is 60.7 Å². The van der Waals surface area contributed by atoms with E-state index in [0.29, 0.717) is 22.5 Å². The Hall–Kier alpha value is -4.00. The van der Waals surface area contributed by atoms with Crippen molar-refractivity contribution in [3.05, 3.63) is 71.8 Å². The first kappa shape index (κ1) is 18.4. The Morgan fingerprint density at radius 2 is 1.34 bits per heavy atom. The number of nitrogens with zero attached hydrogens (tertiary/aromatic N) is 1. The number of carboxylic acid groups (broad SMARTS) is 1. The summed E-state index contributed by atoms with van der Waals surface area (Å²) >= 11 is 0. The van der Waals surface area contributed by atoms with Crippen molar-refractivity contribution in [3.8, 4) is 11.5 Å². The van der Waals surface area contributed by atoms with Gasteiger partial charge in [0.05, 0.1) is 36.4 Å². The predicted octanol–water partition coefficient (Wildman–Crippen LogP) is 3.78. The average Bonchev–Trinajstić information content (AvgIpc) is 3.05.